The molecule has 134 valence electrons. The Balaban J connectivity index is 1.76. The third-order valence-electron chi connectivity index (χ3n) is 5.49. The number of carbonyl (C=O) groups excluding carboxylic acids is 1. The summed E-state index contributed by atoms with van der Waals surface area (Å²) in [5.74, 6) is 1.98. The standard InChI is InChI=1S/C19H27N5O/c1-4-17(25)22-9-8-16-15(12-22)18(21-24(16)5-2)19-20-10-13(3)23(19)11-14-6-7-14/h10,14H,4-9,11-12H2,1-3H3. The molecule has 0 atom stereocenters. The van der Waals surface area contributed by atoms with Gasteiger partial charge in [0.15, 0.2) is 5.82 Å². The van der Waals surface area contributed by atoms with Gasteiger partial charge < -0.3 is 9.47 Å². The number of carbonyl (C=O) groups is 1. The number of nitrogens with zero attached hydrogens (tertiary/aromatic N) is 5. The number of imidazole rings is 1. The molecule has 25 heavy (non-hydrogen) atoms. The number of amides is 1. The molecular formula is C19H27N5O. The van der Waals surface area contributed by atoms with Gasteiger partial charge in [-0.3, -0.25) is 9.48 Å². The molecule has 0 aromatic carbocycles. The van der Waals surface area contributed by atoms with E-state index in [1.165, 1.54) is 29.8 Å². The first kappa shape index (κ1) is 16.4. The monoisotopic (exact) mass is 341 g/mol. The first-order valence-corrected chi connectivity index (χ1v) is 9.51. The second-order valence-corrected chi connectivity index (χ2v) is 7.29. The van der Waals surface area contributed by atoms with Crippen molar-refractivity contribution in [1.29, 1.82) is 0 Å². The second-order valence-electron chi connectivity index (χ2n) is 7.29. The van der Waals surface area contributed by atoms with Crippen molar-refractivity contribution >= 4 is 5.91 Å². The maximum Gasteiger partial charge on any atom is 0.222 e. The van der Waals surface area contributed by atoms with Crippen LogP contribution >= 0.6 is 0 Å². The fraction of sp³-hybridized carbons (Fsp3) is 0.632. The van der Waals surface area contributed by atoms with Crippen LogP contribution in [-0.2, 0) is 30.8 Å². The maximum atomic E-state index is 12.2. The Morgan fingerprint density at radius 3 is 2.80 bits per heavy atom. The SMILES string of the molecule is CCC(=O)N1CCc2c(c(-c3ncc(C)n3CC3CC3)nn2CC)C1. The molecule has 0 unspecified atom stereocenters. The molecule has 0 bridgehead atoms. The molecule has 1 aliphatic heterocycles. The van der Waals surface area contributed by atoms with Crippen LogP contribution in [0.2, 0.25) is 0 Å². The Kier molecular flexibility index (Phi) is 4.13. The van der Waals surface area contributed by atoms with E-state index in [0.29, 0.717) is 13.0 Å². The molecule has 1 fully saturated rings. The Morgan fingerprint density at radius 2 is 2.12 bits per heavy atom. The van der Waals surface area contributed by atoms with Crippen LogP contribution in [0.4, 0.5) is 0 Å². The molecule has 0 spiro atoms. The summed E-state index contributed by atoms with van der Waals surface area (Å²) in [4.78, 5) is 18.9. The zero-order valence-corrected chi connectivity index (χ0v) is 15.5. The van der Waals surface area contributed by atoms with Crippen molar-refractivity contribution in [2.45, 2.75) is 66.1 Å². The van der Waals surface area contributed by atoms with Crippen LogP contribution in [0.1, 0.15) is 50.1 Å². The zero-order valence-electron chi connectivity index (χ0n) is 15.5. The van der Waals surface area contributed by atoms with E-state index < -0.39 is 0 Å². The summed E-state index contributed by atoms with van der Waals surface area (Å²) in [5.41, 5.74) is 4.63. The molecule has 0 radical (unpaired) electrons. The highest BCUT2D eigenvalue weighted by Crippen LogP contribution is 2.35. The molecule has 2 aliphatic rings. The maximum absolute atomic E-state index is 12.2. The molecule has 0 N–H and O–H groups in total. The van der Waals surface area contributed by atoms with Crippen LogP contribution in [0, 0.1) is 12.8 Å². The van der Waals surface area contributed by atoms with Crippen LogP contribution in [0.3, 0.4) is 0 Å². The first-order valence-electron chi connectivity index (χ1n) is 9.51. The van der Waals surface area contributed by atoms with Gasteiger partial charge >= 0.3 is 0 Å². The highest BCUT2D eigenvalue weighted by molar-refractivity contribution is 5.76. The minimum absolute atomic E-state index is 0.221. The van der Waals surface area contributed by atoms with Crippen molar-refractivity contribution in [3.8, 4) is 11.5 Å². The lowest BCUT2D eigenvalue weighted by atomic mass is 10.0. The van der Waals surface area contributed by atoms with Gasteiger partial charge in [0.05, 0.1) is 0 Å². The van der Waals surface area contributed by atoms with Crippen molar-refractivity contribution < 1.29 is 4.79 Å². The van der Waals surface area contributed by atoms with Gasteiger partial charge in [-0.2, -0.15) is 5.10 Å². The fourth-order valence-corrected chi connectivity index (χ4v) is 3.81. The summed E-state index contributed by atoms with van der Waals surface area (Å²) in [6, 6.07) is 0. The van der Waals surface area contributed by atoms with Gasteiger partial charge in [-0.15, -0.1) is 0 Å². The largest absolute Gasteiger partial charge is 0.338 e. The summed E-state index contributed by atoms with van der Waals surface area (Å²) in [6.07, 6.45) is 6.02. The summed E-state index contributed by atoms with van der Waals surface area (Å²) < 4.78 is 4.42. The minimum atomic E-state index is 0.221. The number of aryl methyl sites for hydroxylation is 2. The number of rotatable bonds is 5. The molecule has 0 saturated heterocycles. The van der Waals surface area contributed by atoms with E-state index in [-0.39, 0.29) is 5.91 Å². The summed E-state index contributed by atoms with van der Waals surface area (Å²) in [6.45, 7) is 9.52. The lowest BCUT2D eigenvalue weighted by Crippen LogP contribution is -2.36. The Hall–Kier alpha value is -2.11. The molecule has 2 aromatic rings. The van der Waals surface area contributed by atoms with Crippen LogP contribution < -0.4 is 0 Å². The van der Waals surface area contributed by atoms with Gasteiger partial charge in [-0.1, -0.05) is 6.92 Å². The summed E-state index contributed by atoms with van der Waals surface area (Å²) >= 11 is 0. The molecular weight excluding hydrogens is 314 g/mol. The van der Waals surface area contributed by atoms with Crippen LogP contribution in [0.5, 0.6) is 0 Å². The minimum Gasteiger partial charge on any atom is -0.338 e. The van der Waals surface area contributed by atoms with E-state index in [2.05, 4.69) is 23.1 Å². The van der Waals surface area contributed by atoms with E-state index >= 15 is 0 Å². The number of fused-ring (bicyclic) bond motifs is 1. The molecule has 1 amide bonds. The average Bonchev–Trinajstić information content (AvgIpc) is 3.29. The van der Waals surface area contributed by atoms with Gasteiger partial charge in [0, 0.05) is 62.2 Å². The Labute approximate surface area is 148 Å². The van der Waals surface area contributed by atoms with E-state index in [9.17, 15) is 4.79 Å². The number of aromatic nitrogens is 4. The van der Waals surface area contributed by atoms with Crippen molar-refractivity contribution in [3.05, 3.63) is 23.1 Å². The van der Waals surface area contributed by atoms with Crippen molar-refractivity contribution in [2.75, 3.05) is 6.54 Å². The lowest BCUT2D eigenvalue weighted by molar-refractivity contribution is -0.131. The van der Waals surface area contributed by atoms with E-state index in [1.54, 1.807) is 0 Å². The molecule has 4 rings (SSSR count). The highest BCUT2D eigenvalue weighted by Gasteiger charge is 2.30. The zero-order chi connectivity index (χ0) is 17.6. The van der Waals surface area contributed by atoms with Crippen molar-refractivity contribution in [3.63, 3.8) is 0 Å². The molecule has 1 aliphatic carbocycles. The van der Waals surface area contributed by atoms with Crippen LogP contribution in [0.25, 0.3) is 11.5 Å². The average molecular weight is 341 g/mol. The quantitative estimate of drug-likeness (QED) is 0.840. The van der Waals surface area contributed by atoms with Crippen molar-refractivity contribution in [2.24, 2.45) is 5.92 Å². The van der Waals surface area contributed by atoms with Gasteiger partial charge in [0.1, 0.15) is 5.69 Å². The lowest BCUT2D eigenvalue weighted by Gasteiger charge is -2.27. The number of hydrogen-bond acceptors (Lipinski definition) is 3. The third-order valence-corrected chi connectivity index (χ3v) is 5.49. The third kappa shape index (κ3) is 2.87. The first-order chi connectivity index (χ1) is 12.1. The predicted molar refractivity (Wildman–Crippen MR) is 96.0 cm³/mol. The highest BCUT2D eigenvalue weighted by atomic mass is 16.2. The van der Waals surface area contributed by atoms with E-state index in [0.717, 1.165) is 43.5 Å². The van der Waals surface area contributed by atoms with Crippen LogP contribution in [-0.4, -0.2) is 36.7 Å². The van der Waals surface area contributed by atoms with E-state index in [1.807, 2.05) is 18.0 Å². The molecule has 6 heteroatoms. The fourth-order valence-electron chi connectivity index (χ4n) is 3.81. The predicted octanol–water partition coefficient (Wildman–Crippen LogP) is 2.78. The topological polar surface area (TPSA) is 56.0 Å². The number of hydrogen-bond donors (Lipinski definition) is 0. The van der Waals surface area contributed by atoms with Gasteiger partial charge in [0.25, 0.3) is 0 Å². The second kappa shape index (κ2) is 6.32. The van der Waals surface area contributed by atoms with Gasteiger partial charge in [0.2, 0.25) is 5.91 Å². The van der Waals surface area contributed by atoms with Crippen molar-refractivity contribution in [1.82, 2.24) is 24.2 Å². The van der Waals surface area contributed by atoms with Gasteiger partial charge in [-0.25, -0.2) is 4.98 Å². The Morgan fingerprint density at radius 1 is 1.32 bits per heavy atom. The molecule has 3 heterocycles. The normalized spacial score (nSPS) is 17.0. The smallest absolute Gasteiger partial charge is 0.222 e. The van der Waals surface area contributed by atoms with E-state index in [4.69, 9.17) is 10.1 Å². The summed E-state index contributed by atoms with van der Waals surface area (Å²) in [5, 5.41) is 4.90. The van der Waals surface area contributed by atoms with Gasteiger partial charge in [-0.05, 0) is 32.6 Å². The Bertz CT molecular complexity index is 799. The molecule has 6 nitrogen and oxygen atoms in total. The van der Waals surface area contributed by atoms with Crippen LogP contribution in [0.15, 0.2) is 6.20 Å². The molecule has 1 saturated carbocycles. The summed E-state index contributed by atoms with van der Waals surface area (Å²) in [7, 11) is 0. The molecule has 2 aromatic heterocycles.